The zero-order chi connectivity index (χ0) is 12.3. The molecule has 2 N–H and O–H groups in total. The quantitative estimate of drug-likeness (QED) is 0.898. The maximum atomic E-state index is 11.7. The van der Waals surface area contributed by atoms with Crippen LogP contribution < -0.4 is 5.32 Å². The Morgan fingerprint density at radius 1 is 1.69 bits per heavy atom. The number of carbonyl (C=O) groups is 1. The Morgan fingerprint density at radius 3 is 2.75 bits per heavy atom. The van der Waals surface area contributed by atoms with Crippen LogP contribution in [-0.4, -0.2) is 23.2 Å². The number of rotatable bonds is 4. The van der Waals surface area contributed by atoms with Crippen LogP contribution in [0, 0.1) is 6.92 Å². The molecule has 90 valence electrons. The van der Waals surface area contributed by atoms with Gasteiger partial charge in [-0.25, -0.2) is 0 Å². The Labute approximate surface area is 108 Å². The van der Waals surface area contributed by atoms with E-state index in [1.54, 1.807) is 6.92 Å². The van der Waals surface area contributed by atoms with Crippen molar-refractivity contribution in [1.82, 2.24) is 5.32 Å². The van der Waals surface area contributed by atoms with E-state index >= 15 is 0 Å². The molecule has 16 heavy (non-hydrogen) atoms. The van der Waals surface area contributed by atoms with Crippen LogP contribution in [-0.2, 0) is 0 Å². The highest BCUT2D eigenvalue weighted by Crippen LogP contribution is 2.27. The Morgan fingerprint density at radius 2 is 2.31 bits per heavy atom. The molecule has 0 aliphatic rings. The van der Waals surface area contributed by atoms with Gasteiger partial charge in [0.25, 0.3) is 5.91 Å². The second-order valence-electron chi connectivity index (χ2n) is 4.10. The SMILES string of the molecule is CCC(C)(O)CNC(=O)c1cc(C)c(Br)s1. The molecule has 5 heteroatoms. The number of hydrogen-bond donors (Lipinski definition) is 2. The van der Waals surface area contributed by atoms with Gasteiger partial charge in [0.05, 0.1) is 14.3 Å². The van der Waals surface area contributed by atoms with Gasteiger partial charge >= 0.3 is 0 Å². The number of aliphatic hydroxyl groups is 1. The van der Waals surface area contributed by atoms with Crippen LogP contribution in [0.25, 0.3) is 0 Å². The Kier molecular flexibility index (Phi) is 4.52. The third kappa shape index (κ3) is 3.57. The van der Waals surface area contributed by atoms with E-state index in [2.05, 4.69) is 21.2 Å². The van der Waals surface area contributed by atoms with Crippen LogP contribution in [0.5, 0.6) is 0 Å². The van der Waals surface area contributed by atoms with Gasteiger partial charge in [-0.2, -0.15) is 0 Å². The van der Waals surface area contributed by atoms with Crippen molar-refractivity contribution in [2.75, 3.05) is 6.54 Å². The van der Waals surface area contributed by atoms with E-state index in [1.807, 2.05) is 19.9 Å². The van der Waals surface area contributed by atoms with Gasteiger partial charge in [-0.1, -0.05) is 6.92 Å². The molecule has 0 saturated heterocycles. The molecule has 1 amide bonds. The first-order valence-corrected chi connectivity index (χ1v) is 6.73. The number of nitrogens with one attached hydrogen (secondary N) is 1. The van der Waals surface area contributed by atoms with Crippen LogP contribution in [0.3, 0.4) is 0 Å². The van der Waals surface area contributed by atoms with E-state index in [1.165, 1.54) is 11.3 Å². The van der Waals surface area contributed by atoms with Gasteiger partial charge in [-0.05, 0) is 47.8 Å². The number of hydrogen-bond acceptors (Lipinski definition) is 3. The average Bonchev–Trinajstić information content (AvgIpc) is 2.56. The van der Waals surface area contributed by atoms with Crippen molar-refractivity contribution in [3.8, 4) is 0 Å². The number of carbonyl (C=O) groups excluding carboxylic acids is 1. The molecule has 0 aromatic carbocycles. The zero-order valence-electron chi connectivity index (χ0n) is 9.63. The largest absolute Gasteiger partial charge is 0.388 e. The first-order valence-electron chi connectivity index (χ1n) is 5.12. The highest BCUT2D eigenvalue weighted by molar-refractivity contribution is 9.11. The minimum Gasteiger partial charge on any atom is -0.388 e. The summed E-state index contributed by atoms with van der Waals surface area (Å²) >= 11 is 4.78. The van der Waals surface area contributed by atoms with E-state index in [9.17, 15) is 9.90 Å². The maximum Gasteiger partial charge on any atom is 0.261 e. The van der Waals surface area contributed by atoms with Gasteiger partial charge in [-0.3, -0.25) is 4.79 Å². The molecule has 0 saturated carbocycles. The monoisotopic (exact) mass is 305 g/mol. The first kappa shape index (κ1) is 13.7. The Bertz CT molecular complexity index is 368. The minimum absolute atomic E-state index is 0.132. The van der Waals surface area contributed by atoms with Crippen molar-refractivity contribution >= 4 is 33.2 Å². The predicted molar refractivity (Wildman–Crippen MR) is 70.0 cm³/mol. The number of halogens is 1. The number of thiophene rings is 1. The summed E-state index contributed by atoms with van der Waals surface area (Å²) in [6.07, 6.45) is 0.612. The van der Waals surface area contributed by atoms with Gasteiger partial charge in [0.2, 0.25) is 0 Å². The second kappa shape index (κ2) is 5.29. The Balaban J connectivity index is 2.60. The summed E-state index contributed by atoms with van der Waals surface area (Å²) in [5.41, 5.74) is 0.219. The third-order valence-corrected chi connectivity index (χ3v) is 4.61. The molecule has 1 aromatic heterocycles. The molecule has 1 aromatic rings. The molecule has 1 unspecified atom stereocenters. The molecular formula is C11H16BrNO2S. The maximum absolute atomic E-state index is 11.7. The summed E-state index contributed by atoms with van der Waals surface area (Å²) in [6.45, 7) is 5.82. The molecule has 0 aliphatic carbocycles. The van der Waals surface area contributed by atoms with Crippen LogP contribution >= 0.6 is 27.3 Å². The summed E-state index contributed by atoms with van der Waals surface area (Å²) in [5, 5.41) is 12.5. The number of amides is 1. The van der Waals surface area contributed by atoms with Crippen LogP contribution in [0.15, 0.2) is 9.85 Å². The number of aryl methyl sites for hydroxylation is 1. The van der Waals surface area contributed by atoms with Crippen molar-refractivity contribution in [2.24, 2.45) is 0 Å². The molecule has 0 radical (unpaired) electrons. The molecule has 1 heterocycles. The van der Waals surface area contributed by atoms with Crippen molar-refractivity contribution in [3.63, 3.8) is 0 Å². The molecule has 3 nitrogen and oxygen atoms in total. The zero-order valence-corrected chi connectivity index (χ0v) is 12.0. The van der Waals surface area contributed by atoms with Crippen molar-refractivity contribution in [3.05, 3.63) is 20.3 Å². The van der Waals surface area contributed by atoms with Gasteiger partial charge in [0, 0.05) is 6.54 Å². The van der Waals surface area contributed by atoms with E-state index in [0.29, 0.717) is 11.3 Å². The molecule has 0 spiro atoms. The summed E-state index contributed by atoms with van der Waals surface area (Å²) < 4.78 is 0.972. The van der Waals surface area contributed by atoms with E-state index in [-0.39, 0.29) is 12.5 Å². The van der Waals surface area contributed by atoms with Gasteiger partial charge in [0.1, 0.15) is 0 Å². The molecule has 0 fully saturated rings. The Hall–Kier alpha value is -0.390. The van der Waals surface area contributed by atoms with Crippen LogP contribution in [0.2, 0.25) is 0 Å². The summed E-state index contributed by atoms with van der Waals surface area (Å²) in [4.78, 5) is 12.4. The van der Waals surface area contributed by atoms with Crippen LogP contribution in [0.4, 0.5) is 0 Å². The van der Waals surface area contributed by atoms with Crippen LogP contribution in [0.1, 0.15) is 35.5 Å². The van der Waals surface area contributed by atoms with Gasteiger partial charge in [0.15, 0.2) is 0 Å². The molecule has 1 rings (SSSR count). The fourth-order valence-electron chi connectivity index (χ4n) is 1.05. The highest BCUT2D eigenvalue weighted by atomic mass is 79.9. The lowest BCUT2D eigenvalue weighted by molar-refractivity contribution is 0.0519. The standard InChI is InChI=1S/C11H16BrNO2S/c1-4-11(3,15)6-13-10(14)8-5-7(2)9(12)16-8/h5,15H,4,6H2,1-3H3,(H,13,14). The lowest BCUT2D eigenvalue weighted by Gasteiger charge is -2.21. The normalized spacial score (nSPS) is 14.6. The predicted octanol–water partition coefficient (Wildman–Crippen LogP) is 2.71. The lowest BCUT2D eigenvalue weighted by Crippen LogP contribution is -2.39. The summed E-state index contributed by atoms with van der Waals surface area (Å²) in [7, 11) is 0. The molecular weight excluding hydrogens is 290 g/mol. The van der Waals surface area contributed by atoms with Gasteiger partial charge < -0.3 is 10.4 Å². The smallest absolute Gasteiger partial charge is 0.261 e. The minimum atomic E-state index is -0.834. The highest BCUT2D eigenvalue weighted by Gasteiger charge is 2.19. The lowest BCUT2D eigenvalue weighted by atomic mass is 10.0. The fourth-order valence-corrected chi connectivity index (χ4v) is 2.51. The molecule has 0 bridgehead atoms. The fraction of sp³-hybridized carbons (Fsp3) is 0.545. The topological polar surface area (TPSA) is 49.3 Å². The first-order chi connectivity index (χ1) is 7.35. The molecule has 0 aliphatic heterocycles. The van der Waals surface area contributed by atoms with E-state index < -0.39 is 5.60 Å². The third-order valence-electron chi connectivity index (χ3n) is 2.47. The van der Waals surface area contributed by atoms with Crippen molar-refractivity contribution < 1.29 is 9.90 Å². The molecule has 1 atom stereocenters. The second-order valence-corrected chi connectivity index (χ2v) is 6.47. The average molecular weight is 306 g/mol. The van der Waals surface area contributed by atoms with Gasteiger partial charge in [-0.15, -0.1) is 11.3 Å². The van der Waals surface area contributed by atoms with E-state index in [4.69, 9.17) is 0 Å². The summed E-state index contributed by atoms with van der Waals surface area (Å²) in [5.74, 6) is -0.132. The van der Waals surface area contributed by atoms with Crippen molar-refractivity contribution in [1.29, 1.82) is 0 Å². The van der Waals surface area contributed by atoms with Crippen molar-refractivity contribution in [2.45, 2.75) is 32.8 Å². The summed E-state index contributed by atoms with van der Waals surface area (Å²) in [6, 6.07) is 1.84. The van der Waals surface area contributed by atoms with E-state index in [0.717, 1.165) is 9.35 Å².